The lowest BCUT2D eigenvalue weighted by Crippen LogP contribution is -2.22. The molecule has 0 bridgehead atoms. The Morgan fingerprint density at radius 2 is 1.48 bits per heavy atom. The van der Waals surface area contributed by atoms with Gasteiger partial charge in [0, 0.05) is 5.69 Å². The molecule has 25 heavy (non-hydrogen) atoms. The topological polar surface area (TPSA) is 67.4 Å². The summed E-state index contributed by atoms with van der Waals surface area (Å²) in [6, 6.07) is 13.1. The number of hydrogen-bond donors (Lipinski definition) is 2. The number of anilines is 2. The Bertz CT molecular complexity index is 734. The first kappa shape index (κ1) is 18.5. The summed E-state index contributed by atoms with van der Waals surface area (Å²) in [4.78, 5) is 24.5. The molecule has 2 aromatic rings. The summed E-state index contributed by atoms with van der Waals surface area (Å²) in [6.07, 6.45) is 1.38. The first-order chi connectivity index (χ1) is 12.1. The number of benzene rings is 2. The van der Waals surface area contributed by atoms with Gasteiger partial charge in [-0.1, -0.05) is 44.2 Å². The third-order valence-electron chi connectivity index (χ3n) is 3.97. The molecule has 0 fully saturated rings. The molecule has 0 saturated carbocycles. The SMILES string of the molecule is CCc1cccc(CC)c1NC(=O)CC(=O)Nc1ccccc1OC. The van der Waals surface area contributed by atoms with E-state index in [-0.39, 0.29) is 18.2 Å². The summed E-state index contributed by atoms with van der Waals surface area (Å²) in [6.45, 7) is 4.08. The number of amides is 2. The van der Waals surface area contributed by atoms with E-state index in [0.717, 1.165) is 29.7 Å². The van der Waals surface area contributed by atoms with Crippen molar-refractivity contribution in [3.05, 3.63) is 53.6 Å². The number of para-hydroxylation sites is 3. The van der Waals surface area contributed by atoms with Crippen LogP contribution in [0.3, 0.4) is 0 Å². The van der Waals surface area contributed by atoms with Crippen LogP contribution in [0.15, 0.2) is 42.5 Å². The van der Waals surface area contributed by atoms with Gasteiger partial charge in [-0.05, 0) is 36.1 Å². The highest BCUT2D eigenvalue weighted by molar-refractivity contribution is 6.08. The summed E-state index contributed by atoms with van der Waals surface area (Å²) in [5, 5.41) is 5.61. The fourth-order valence-electron chi connectivity index (χ4n) is 2.67. The molecule has 5 heteroatoms. The fraction of sp³-hybridized carbons (Fsp3) is 0.300. The summed E-state index contributed by atoms with van der Waals surface area (Å²) in [5.41, 5.74) is 3.50. The van der Waals surface area contributed by atoms with Crippen LogP contribution in [0.1, 0.15) is 31.4 Å². The fourth-order valence-corrected chi connectivity index (χ4v) is 2.67. The second-order valence-electron chi connectivity index (χ2n) is 5.63. The number of carbonyl (C=O) groups is 2. The molecule has 0 atom stereocenters. The smallest absolute Gasteiger partial charge is 0.233 e. The van der Waals surface area contributed by atoms with E-state index in [4.69, 9.17) is 4.74 Å². The van der Waals surface area contributed by atoms with Gasteiger partial charge in [0.2, 0.25) is 11.8 Å². The van der Waals surface area contributed by atoms with Crippen molar-refractivity contribution < 1.29 is 14.3 Å². The quantitative estimate of drug-likeness (QED) is 0.754. The molecule has 2 N–H and O–H groups in total. The molecule has 0 aromatic heterocycles. The lowest BCUT2D eigenvalue weighted by Gasteiger charge is -2.14. The molecule has 0 unspecified atom stereocenters. The zero-order valence-corrected chi connectivity index (χ0v) is 14.9. The van der Waals surface area contributed by atoms with Crippen LogP contribution in [-0.2, 0) is 22.4 Å². The third kappa shape index (κ3) is 4.83. The van der Waals surface area contributed by atoms with Crippen LogP contribution in [-0.4, -0.2) is 18.9 Å². The van der Waals surface area contributed by atoms with Gasteiger partial charge < -0.3 is 15.4 Å². The maximum absolute atomic E-state index is 12.3. The standard InChI is InChI=1S/C20H24N2O3/c1-4-14-9-8-10-15(5-2)20(14)22-19(24)13-18(23)21-16-11-6-7-12-17(16)25-3/h6-12H,4-5,13H2,1-3H3,(H,21,23)(H,22,24). The van der Waals surface area contributed by atoms with E-state index in [1.807, 2.05) is 38.1 Å². The Hall–Kier alpha value is -2.82. The number of nitrogens with one attached hydrogen (secondary N) is 2. The molecule has 0 spiro atoms. The number of hydrogen-bond acceptors (Lipinski definition) is 3. The van der Waals surface area contributed by atoms with E-state index in [1.165, 1.54) is 7.11 Å². The normalized spacial score (nSPS) is 10.2. The van der Waals surface area contributed by atoms with Gasteiger partial charge in [0.15, 0.2) is 0 Å². The molecule has 0 aliphatic carbocycles. The summed E-state index contributed by atoms with van der Waals surface area (Å²) in [5.74, 6) is -0.155. The van der Waals surface area contributed by atoms with Crippen LogP contribution < -0.4 is 15.4 Å². The zero-order chi connectivity index (χ0) is 18.2. The van der Waals surface area contributed by atoms with Gasteiger partial charge in [-0.3, -0.25) is 9.59 Å². The third-order valence-corrected chi connectivity index (χ3v) is 3.97. The predicted octanol–water partition coefficient (Wildman–Crippen LogP) is 3.79. The highest BCUT2D eigenvalue weighted by Crippen LogP contribution is 2.24. The van der Waals surface area contributed by atoms with E-state index in [9.17, 15) is 9.59 Å². The second kappa shape index (κ2) is 8.87. The predicted molar refractivity (Wildman–Crippen MR) is 100 cm³/mol. The zero-order valence-electron chi connectivity index (χ0n) is 14.9. The van der Waals surface area contributed by atoms with Crippen LogP contribution in [0, 0.1) is 0 Å². The molecule has 2 amide bonds. The minimum absolute atomic E-state index is 0.251. The van der Waals surface area contributed by atoms with Crippen molar-refractivity contribution in [2.45, 2.75) is 33.1 Å². The van der Waals surface area contributed by atoms with Crippen molar-refractivity contribution >= 4 is 23.2 Å². The summed E-state index contributed by atoms with van der Waals surface area (Å²) >= 11 is 0. The Balaban J connectivity index is 2.04. The van der Waals surface area contributed by atoms with Crippen molar-refractivity contribution in [3.63, 3.8) is 0 Å². The lowest BCUT2D eigenvalue weighted by atomic mass is 10.0. The molecule has 0 heterocycles. The highest BCUT2D eigenvalue weighted by Gasteiger charge is 2.14. The molecule has 132 valence electrons. The van der Waals surface area contributed by atoms with E-state index in [1.54, 1.807) is 18.2 Å². The number of aryl methyl sites for hydroxylation is 2. The Morgan fingerprint density at radius 1 is 0.880 bits per heavy atom. The van der Waals surface area contributed by atoms with Crippen LogP contribution in [0.5, 0.6) is 5.75 Å². The van der Waals surface area contributed by atoms with Crippen LogP contribution in [0.4, 0.5) is 11.4 Å². The first-order valence-electron chi connectivity index (χ1n) is 8.42. The van der Waals surface area contributed by atoms with E-state index < -0.39 is 0 Å². The van der Waals surface area contributed by atoms with Gasteiger partial charge in [-0.15, -0.1) is 0 Å². The Kier molecular flexibility index (Phi) is 6.57. The van der Waals surface area contributed by atoms with Crippen molar-refractivity contribution in [1.82, 2.24) is 0 Å². The van der Waals surface area contributed by atoms with E-state index in [0.29, 0.717) is 11.4 Å². The van der Waals surface area contributed by atoms with Crippen LogP contribution >= 0.6 is 0 Å². The molecule has 2 aromatic carbocycles. The van der Waals surface area contributed by atoms with Crippen molar-refractivity contribution in [2.24, 2.45) is 0 Å². The molecule has 5 nitrogen and oxygen atoms in total. The number of rotatable bonds is 7. The maximum Gasteiger partial charge on any atom is 0.233 e. The molecule has 0 aliphatic rings. The average molecular weight is 340 g/mol. The van der Waals surface area contributed by atoms with Gasteiger partial charge in [-0.25, -0.2) is 0 Å². The molecule has 2 rings (SSSR count). The van der Waals surface area contributed by atoms with Crippen molar-refractivity contribution in [3.8, 4) is 5.75 Å². The summed E-state index contributed by atoms with van der Waals surface area (Å²) < 4.78 is 5.19. The highest BCUT2D eigenvalue weighted by atomic mass is 16.5. The minimum Gasteiger partial charge on any atom is -0.495 e. The molecule has 0 saturated heterocycles. The van der Waals surface area contributed by atoms with Gasteiger partial charge in [0.05, 0.1) is 12.8 Å². The molecular weight excluding hydrogens is 316 g/mol. The number of carbonyl (C=O) groups excluding carboxylic acids is 2. The molecule has 0 radical (unpaired) electrons. The number of methoxy groups -OCH3 is 1. The Labute approximate surface area is 148 Å². The number of ether oxygens (including phenoxy) is 1. The van der Waals surface area contributed by atoms with Crippen LogP contribution in [0.2, 0.25) is 0 Å². The van der Waals surface area contributed by atoms with E-state index in [2.05, 4.69) is 10.6 Å². The average Bonchev–Trinajstić information content (AvgIpc) is 2.62. The summed E-state index contributed by atoms with van der Waals surface area (Å²) in [7, 11) is 1.53. The van der Waals surface area contributed by atoms with Crippen LogP contribution in [0.25, 0.3) is 0 Å². The lowest BCUT2D eigenvalue weighted by molar-refractivity contribution is -0.123. The van der Waals surface area contributed by atoms with Crippen molar-refractivity contribution in [2.75, 3.05) is 17.7 Å². The largest absolute Gasteiger partial charge is 0.495 e. The first-order valence-corrected chi connectivity index (χ1v) is 8.42. The van der Waals surface area contributed by atoms with Gasteiger partial charge in [0.25, 0.3) is 0 Å². The van der Waals surface area contributed by atoms with Crippen molar-refractivity contribution in [1.29, 1.82) is 0 Å². The molecule has 0 aliphatic heterocycles. The van der Waals surface area contributed by atoms with E-state index >= 15 is 0 Å². The monoisotopic (exact) mass is 340 g/mol. The second-order valence-corrected chi connectivity index (χ2v) is 5.63. The van der Waals surface area contributed by atoms with Gasteiger partial charge in [-0.2, -0.15) is 0 Å². The van der Waals surface area contributed by atoms with Gasteiger partial charge in [0.1, 0.15) is 12.2 Å². The minimum atomic E-state index is -0.381. The van der Waals surface area contributed by atoms with Gasteiger partial charge >= 0.3 is 0 Å². The Morgan fingerprint density at radius 3 is 2.08 bits per heavy atom. The molecular formula is C20H24N2O3. The maximum atomic E-state index is 12.3.